The summed E-state index contributed by atoms with van der Waals surface area (Å²) in [7, 11) is 0. The van der Waals surface area contributed by atoms with Gasteiger partial charge in [0.1, 0.15) is 12.4 Å². The van der Waals surface area contributed by atoms with Crippen molar-refractivity contribution < 1.29 is 13.9 Å². The van der Waals surface area contributed by atoms with Crippen LogP contribution in [0.3, 0.4) is 0 Å². The highest BCUT2D eigenvalue weighted by Gasteiger charge is 2.11. The summed E-state index contributed by atoms with van der Waals surface area (Å²) in [6, 6.07) is 5.38. The first-order chi connectivity index (χ1) is 8.75. The van der Waals surface area contributed by atoms with Crippen LogP contribution < -0.4 is 5.32 Å². The summed E-state index contributed by atoms with van der Waals surface area (Å²) in [5.41, 5.74) is 0.386. The van der Waals surface area contributed by atoms with Crippen molar-refractivity contribution in [2.45, 2.75) is 0 Å². The minimum Gasteiger partial charge on any atom is -0.461 e. The molecule has 0 atom stereocenters. The number of halogens is 1. The molecule has 98 valence electrons. The summed E-state index contributed by atoms with van der Waals surface area (Å²) >= 11 is 0. The Bertz CT molecular complexity index is 388. The second-order valence-corrected chi connectivity index (χ2v) is 4.23. The summed E-state index contributed by atoms with van der Waals surface area (Å²) in [5, 5.41) is 3.26. The molecule has 0 aromatic heterocycles. The average Bonchev–Trinajstić information content (AvgIpc) is 2.40. The van der Waals surface area contributed by atoms with Crippen LogP contribution in [0.5, 0.6) is 0 Å². The molecule has 1 fully saturated rings. The third-order valence-electron chi connectivity index (χ3n) is 2.93. The third kappa shape index (κ3) is 3.78. The Balaban J connectivity index is 1.72. The van der Waals surface area contributed by atoms with Crippen molar-refractivity contribution >= 4 is 5.97 Å². The molecule has 0 amide bonds. The van der Waals surface area contributed by atoms with E-state index in [4.69, 9.17) is 4.74 Å². The van der Waals surface area contributed by atoms with Crippen molar-refractivity contribution in [1.29, 1.82) is 0 Å². The van der Waals surface area contributed by atoms with Crippen LogP contribution in [-0.4, -0.2) is 50.2 Å². The molecule has 0 radical (unpaired) electrons. The number of hydrogen-bond donors (Lipinski definition) is 1. The van der Waals surface area contributed by atoms with Gasteiger partial charge in [-0.2, -0.15) is 0 Å². The number of hydrogen-bond acceptors (Lipinski definition) is 4. The van der Waals surface area contributed by atoms with E-state index in [2.05, 4.69) is 10.2 Å². The van der Waals surface area contributed by atoms with Crippen LogP contribution in [0.25, 0.3) is 0 Å². The van der Waals surface area contributed by atoms with Crippen molar-refractivity contribution in [3.05, 3.63) is 35.6 Å². The monoisotopic (exact) mass is 252 g/mol. The van der Waals surface area contributed by atoms with Crippen LogP contribution in [0.4, 0.5) is 4.39 Å². The number of carbonyl (C=O) groups excluding carboxylic acids is 1. The van der Waals surface area contributed by atoms with E-state index >= 15 is 0 Å². The molecule has 1 heterocycles. The number of nitrogens with zero attached hydrogens (tertiary/aromatic N) is 1. The van der Waals surface area contributed by atoms with E-state index in [1.165, 1.54) is 24.3 Å². The lowest BCUT2D eigenvalue weighted by Gasteiger charge is -2.26. The van der Waals surface area contributed by atoms with Gasteiger partial charge in [-0.3, -0.25) is 4.90 Å². The van der Waals surface area contributed by atoms with Gasteiger partial charge in [-0.05, 0) is 24.3 Å². The molecular weight excluding hydrogens is 235 g/mol. The molecule has 0 aliphatic carbocycles. The molecule has 4 nitrogen and oxygen atoms in total. The fourth-order valence-electron chi connectivity index (χ4n) is 1.87. The van der Waals surface area contributed by atoms with Gasteiger partial charge in [0.25, 0.3) is 0 Å². The maximum absolute atomic E-state index is 12.7. The molecule has 1 aromatic rings. The number of ether oxygens (including phenoxy) is 1. The van der Waals surface area contributed by atoms with Crippen molar-refractivity contribution in [1.82, 2.24) is 10.2 Å². The van der Waals surface area contributed by atoms with E-state index < -0.39 is 5.97 Å². The first-order valence-corrected chi connectivity index (χ1v) is 6.11. The number of esters is 1. The van der Waals surface area contributed by atoms with E-state index in [0.29, 0.717) is 12.2 Å². The molecule has 1 aliphatic heterocycles. The predicted octanol–water partition coefficient (Wildman–Crippen LogP) is 0.888. The van der Waals surface area contributed by atoms with E-state index in [-0.39, 0.29) is 5.82 Å². The van der Waals surface area contributed by atoms with E-state index in [9.17, 15) is 9.18 Å². The lowest BCUT2D eigenvalue weighted by molar-refractivity contribution is 0.0456. The second-order valence-electron chi connectivity index (χ2n) is 4.23. The number of carbonyl (C=O) groups is 1. The summed E-state index contributed by atoms with van der Waals surface area (Å²) in [4.78, 5) is 13.9. The first-order valence-electron chi connectivity index (χ1n) is 6.11. The standard InChI is InChI=1S/C13H17FN2O2/c14-12-3-1-11(2-4-12)13(17)18-10-9-16-7-5-15-6-8-16/h1-4,15H,5-10H2. The number of rotatable bonds is 4. The maximum atomic E-state index is 12.7. The Labute approximate surface area is 106 Å². The van der Waals surface area contributed by atoms with Gasteiger partial charge < -0.3 is 10.1 Å². The van der Waals surface area contributed by atoms with E-state index in [0.717, 1.165) is 32.7 Å². The number of benzene rings is 1. The quantitative estimate of drug-likeness (QED) is 0.808. The van der Waals surface area contributed by atoms with Crippen LogP contribution >= 0.6 is 0 Å². The Morgan fingerprint density at radius 1 is 1.28 bits per heavy atom. The van der Waals surface area contributed by atoms with Gasteiger partial charge in [-0.15, -0.1) is 0 Å². The second kappa shape index (κ2) is 6.47. The zero-order valence-corrected chi connectivity index (χ0v) is 10.2. The average molecular weight is 252 g/mol. The molecule has 0 bridgehead atoms. The Morgan fingerprint density at radius 3 is 2.61 bits per heavy atom. The predicted molar refractivity (Wildman–Crippen MR) is 66.0 cm³/mol. The molecule has 1 N–H and O–H groups in total. The van der Waals surface area contributed by atoms with Crippen LogP contribution in [0, 0.1) is 5.82 Å². The molecule has 18 heavy (non-hydrogen) atoms. The minimum absolute atomic E-state index is 0.354. The maximum Gasteiger partial charge on any atom is 0.338 e. The van der Waals surface area contributed by atoms with Gasteiger partial charge in [0.05, 0.1) is 5.56 Å². The SMILES string of the molecule is O=C(OCCN1CCNCC1)c1ccc(F)cc1. The van der Waals surface area contributed by atoms with E-state index in [1.54, 1.807) is 0 Å². The van der Waals surface area contributed by atoms with Gasteiger partial charge in [-0.25, -0.2) is 9.18 Å². The molecule has 1 saturated heterocycles. The summed E-state index contributed by atoms with van der Waals surface area (Å²) in [6.07, 6.45) is 0. The molecule has 0 spiro atoms. The highest BCUT2D eigenvalue weighted by molar-refractivity contribution is 5.89. The highest BCUT2D eigenvalue weighted by Crippen LogP contribution is 2.04. The lowest BCUT2D eigenvalue weighted by Crippen LogP contribution is -2.44. The van der Waals surface area contributed by atoms with Crippen molar-refractivity contribution in [3.63, 3.8) is 0 Å². The minimum atomic E-state index is -0.398. The third-order valence-corrected chi connectivity index (χ3v) is 2.93. The lowest BCUT2D eigenvalue weighted by atomic mass is 10.2. The van der Waals surface area contributed by atoms with Crippen molar-refractivity contribution in [2.75, 3.05) is 39.3 Å². The van der Waals surface area contributed by atoms with Crippen molar-refractivity contribution in [2.24, 2.45) is 0 Å². The molecule has 0 saturated carbocycles. The Hall–Kier alpha value is -1.46. The van der Waals surface area contributed by atoms with Crippen LogP contribution in [0.15, 0.2) is 24.3 Å². The van der Waals surface area contributed by atoms with Crippen LogP contribution in [-0.2, 0) is 4.74 Å². The Kier molecular flexibility index (Phi) is 4.66. The number of nitrogens with one attached hydrogen (secondary N) is 1. The van der Waals surface area contributed by atoms with Gasteiger partial charge in [0.15, 0.2) is 0 Å². The summed E-state index contributed by atoms with van der Waals surface area (Å²) in [6.45, 7) is 5.03. The summed E-state index contributed by atoms with van der Waals surface area (Å²) in [5.74, 6) is -0.752. The number of piperazine rings is 1. The largest absolute Gasteiger partial charge is 0.461 e. The van der Waals surface area contributed by atoms with E-state index in [1.807, 2.05) is 0 Å². The van der Waals surface area contributed by atoms with Gasteiger partial charge in [0, 0.05) is 32.7 Å². The molecular formula is C13H17FN2O2. The van der Waals surface area contributed by atoms with Crippen LogP contribution in [0.2, 0.25) is 0 Å². The zero-order chi connectivity index (χ0) is 12.8. The van der Waals surface area contributed by atoms with Gasteiger partial charge >= 0.3 is 5.97 Å². The van der Waals surface area contributed by atoms with Gasteiger partial charge in [-0.1, -0.05) is 0 Å². The molecule has 1 aromatic carbocycles. The highest BCUT2D eigenvalue weighted by atomic mass is 19.1. The first kappa shape index (κ1) is 13.0. The molecule has 0 unspecified atom stereocenters. The molecule has 5 heteroatoms. The smallest absolute Gasteiger partial charge is 0.338 e. The fraction of sp³-hybridized carbons (Fsp3) is 0.462. The Morgan fingerprint density at radius 2 is 1.94 bits per heavy atom. The van der Waals surface area contributed by atoms with Gasteiger partial charge in [0.2, 0.25) is 0 Å². The fourth-order valence-corrected chi connectivity index (χ4v) is 1.87. The summed E-state index contributed by atoms with van der Waals surface area (Å²) < 4.78 is 17.8. The zero-order valence-electron chi connectivity index (χ0n) is 10.2. The topological polar surface area (TPSA) is 41.6 Å². The van der Waals surface area contributed by atoms with Crippen molar-refractivity contribution in [3.8, 4) is 0 Å². The normalized spacial score (nSPS) is 16.5. The molecule has 1 aliphatic rings. The van der Waals surface area contributed by atoms with Crippen LogP contribution in [0.1, 0.15) is 10.4 Å². The molecule has 2 rings (SSSR count).